The summed E-state index contributed by atoms with van der Waals surface area (Å²) in [6.07, 6.45) is -3.46. The van der Waals surface area contributed by atoms with Gasteiger partial charge in [0.05, 0.1) is 5.56 Å². The number of aldehydes is 1. The lowest BCUT2D eigenvalue weighted by atomic mass is 10.1. The molecule has 0 aliphatic heterocycles. The highest BCUT2D eigenvalue weighted by molar-refractivity contribution is 5.74. The van der Waals surface area contributed by atoms with E-state index in [1.165, 1.54) is 12.1 Å². The summed E-state index contributed by atoms with van der Waals surface area (Å²) in [5, 5.41) is 0. The van der Waals surface area contributed by atoms with Gasteiger partial charge in [-0.25, -0.2) is 4.98 Å². The fourth-order valence-corrected chi connectivity index (χ4v) is 1.66. The Morgan fingerprint density at radius 3 is 2.63 bits per heavy atom. The minimum atomic E-state index is -4.43. The van der Waals surface area contributed by atoms with Gasteiger partial charge in [0.15, 0.2) is 6.29 Å². The van der Waals surface area contributed by atoms with Crippen LogP contribution in [0, 0.1) is 0 Å². The molecule has 3 nitrogen and oxygen atoms in total. The molecular formula is C13H10F3NO2. The molecule has 0 radical (unpaired) electrons. The van der Waals surface area contributed by atoms with Gasteiger partial charge in [-0.1, -0.05) is 13.0 Å². The number of aryl methyl sites for hydroxylation is 1. The molecule has 0 unspecified atom stereocenters. The second-order valence-corrected chi connectivity index (χ2v) is 3.88. The minimum absolute atomic E-state index is 0.0186. The second-order valence-electron chi connectivity index (χ2n) is 3.88. The maximum Gasteiger partial charge on any atom is 0.416 e. The van der Waals surface area contributed by atoms with Crippen LogP contribution >= 0.6 is 0 Å². The van der Waals surface area contributed by atoms with Crippen LogP contribution in [0.5, 0.6) is 0 Å². The summed E-state index contributed by atoms with van der Waals surface area (Å²) in [6.45, 7) is 1.77. The molecule has 0 bridgehead atoms. The lowest BCUT2D eigenvalue weighted by molar-refractivity contribution is -0.137. The molecule has 1 aromatic carbocycles. The van der Waals surface area contributed by atoms with E-state index in [1.54, 1.807) is 6.92 Å². The minimum Gasteiger partial charge on any atom is -0.440 e. The zero-order valence-corrected chi connectivity index (χ0v) is 9.99. The first-order valence-corrected chi connectivity index (χ1v) is 5.58. The fraction of sp³-hybridized carbons (Fsp3) is 0.231. The van der Waals surface area contributed by atoms with E-state index in [0.29, 0.717) is 18.5 Å². The van der Waals surface area contributed by atoms with E-state index in [-0.39, 0.29) is 17.1 Å². The van der Waals surface area contributed by atoms with Gasteiger partial charge in [0.2, 0.25) is 5.89 Å². The standard InChI is InChI=1S/C13H10F3NO2/c1-2-11-10(7-18)17-12(19-11)8-4-3-5-9(6-8)13(14,15)16/h3-7H,2H2,1H3. The average molecular weight is 269 g/mol. The van der Waals surface area contributed by atoms with E-state index in [9.17, 15) is 18.0 Å². The smallest absolute Gasteiger partial charge is 0.416 e. The first kappa shape index (κ1) is 13.3. The molecule has 2 aromatic rings. The molecule has 19 heavy (non-hydrogen) atoms. The van der Waals surface area contributed by atoms with Crippen LogP contribution in [0.3, 0.4) is 0 Å². The molecule has 0 atom stereocenters. The molecule has 0 fully saturated rings. The van der Waals surface area contributed by atoms with Crippen molar-refractivity contribution in [3.8, 4) is 11.5 Å². The van der Waals surface area contributed by atoms with Crippen molar-refractivity contribution in [2.75, 3.05) is 0 Å². The molecule has 2 rings (SSSR count). The van der Waals surface area contributed by atoms with Crippen LogP contribution in [-0.4, -0.2) is 11.3 Å². The lowest BCUT2D eigenvalue weighted by Crippen LogP contribution is -2.04. The van der Waals surface area contributed by atoms with Gasteiger partial charge < -0.3 is 4.42 Å². The van der Waals surface area contributed by atoms with Gasteiger partial charge >= 0.3 is 6.18 Å². The van der Waals surface area contributed by atoms with E-state index in [1.807, 2.05) is 0 Å². The number of aromatic nitrogens is 1. The monoisotopic (exact) mass is 269 g/mol. The predicted octanol–water partition coefficient (Wildman–Crippen LogP) is 3.74. The van der Waals surface area contributed by atoms with E-state index in [4.69, 9.17) is 4.42 Å². The number of rotatable bonds is 3. The van der Waals surface area contributed by atoms with Gasteiger partial charge in [-0.2, -0.15) is 13.2 Å². The number of oxazole rings is 1. The Labute approximate surface area is 107 Å². The van der Waals surface area contributed by atoms with Crippen molar-refractivity contribution < 1.29 is 22.4 Å². The van der Waals surface area contributed by atoms with Crippen LogP contribution in [0.4, 0.5) is 13.2 Å². The van der Waals surface area contributed by atoms with Gasteiger partial charge in [-0.15, -0.1) is 0 Å². The number of carbonyl (C=O) groups excluding carboxylic acids is 1. The van der Waals surface area contributed by atoms with Crippen LogP contribution in [0.1, 0.15) is 28.7 Å². The first-order valence-electron chi connectivity index (χ1n) is 5.58. The Hall–Kier alpha value is -2.11. The first-order chi connectivity index (χ1) is 8.95. The second kappa shape index (κ2) is 4.87. The van der Waals surface area contributed by atoms with Crippen molar-refractivity contribution in [2.24, 2.45) is 0 Å². The SMILES string of the molecule is CCc1oc(-c2cccc(C(F)(F)F)c2)nc1C=O. The van der Waals surface area contributed by atoms with Gasteiger partial charge in [-0.05, 0) is 18.2 Å². The highest BCUT2D eigenvalue weighted by Crippen LogP contribution is 2.32. The van der Waals surface area contributed by atoms with Crippen LogP contribution in [-0.2, 0) is 12.6 Å². The number of carbonyl (C=O) groups is 1. The van der Waals surface area contributed by atoms with Crippen LogP contribution in [0.25, 0.3) is 11.5 Å². The fourth-order valence-electron chi connectivity index (χ4n) is 1.66. The maximum atomic E-state index is 12.6. The van der Waals surface area contributed by atoms with Crippen LogP contribution < -0.4 is 0 Å². The maximum absolute atomic E-state index is 12.6. The van der Waals surface area contributed by atoms with E-state index in [2.05, 4.69) is 4.98 Å². The zero-order chi connectivity index (χ0) is 14.0. The van der Waals surface area contributed by atoms with E-state index >= 15 is 0 Å². The molecule has 0 N–H and O–H groups in total. The summed E-state index contributed by atoms with van der Waals surface area (Å²) in [5.74, 6) is 0.382. The molecule has 0 saturated heterocycles. The molecule has 0 aliphatic carbocycles. The Morgan fingerprint density at radius 2 is 2.11 bits per heavy atom. The zero-order valence-electron chi connectivity index (χ0n) is 9.99. The molecule has 0 aliphatic rings. The summed E-state index contributed by atoms with van der Waals surface area (Å²) in [4.78, 5) is 14.6. The summed E-state index contributed by atoms with van der Waals surface area (Å²) < 4.78 is 43.1. The Bertz CT molecular complexity index is 602. The molecule has 1 heterocycles. The van der Waals surface area contributed by atoms with Gasteiger partial charge in [0, 0.05) is 12.0 Å². The number of hydrogen-bond acceptors (Lipinski definition) is 3. The Kier molecular flexibility index (Phi) is 3.42. The van der Waals surface area contributed by atoms with Crippen molar-refractivity contribution in [3.05, 3.63) is 41.3 Å². The van der Waals surface area contributed by atoms with Crippen LogP contribution in [0.15, 0.2) is 28.7 Å². The largest absolute Gasteiger partial charge is 0.440 e. The van der Waals surface area contributed by atoms with Gasteiger partial charge in [-0.3, -0.25) is 4.79 Å². The highest BCUT2D eigenvalue weighted by Gasteiger charge is 2.30. The third-order valence-electron chi connectivity index (χ3n) is 2.60. The molecule has 100 valence electrons. The van der Waals surface area contributed by atoms with Crippen molar-refractivity contribution in [3.63, 3.8) is 0 Å². The number of benzene rings is 1. The third kappa shape index (κ3) is 2.67. The summed E-state index contributed by atoms with van der Waals surface area (Å²) in [7, 11) is 0. The van der Waals surface area contributed by atoms with Crippen molar-refractivity contribution >= 4 is 6.29 Å². The molecule has 6 heteroatoms. The van der Waals surface area contributed by atoms with Crippen LogP contribution in [0.2, 0.25) is 0 Å². The highest BCUT2D eigenvalue weighted by atomic mass is 19.4. The average Bonchev–Trinajstić information content (AvgIpc) is 2.81. The molecule has 1 aromatic heterocycles. The third-order valence-corrected chi connectivity index (χ3v) is 2.60. The molecular weight excluding hydrogens is 259 g/mol. The van der Waals surface area contributed by atoms with E-state index < -0.39 is 11.7 Å². The summed E-state index contributed by atoms with van der Waals surface area (Å²) in [5.41, 5.74) is -0.471. The normalized spacial score (nSPS) is 11.6. The predicted molar refractivity (Wildman–Crippen MR) is 61.7 cm³/mol. The Balaban J connectivity index is 2.47. The van der Waals surface area contributed by atoms with Crippen molar-refractivity contribution in [1.82, 2.24) is 4.98 Å². The topological polar surface area (TPSA) is 43.1 Å². The van der Waals surface area contributed by atoms with E-state index in [0.717, 1.165) is 12.1 Å². The Morgan fingerprint density at radius 1 is 1.37 bits per heavy atom. The number of nitrogens with zero attached hydrogens (tertiary/aromatic N) is 1. The quantitative estimate of drug-likeness (QED) is 0.797. The molecule has 0 spiro atoms. The summed E-state index contributed by atoms with van der Waals surface area (Å²) >= 11 is 0. The lowest BCUT2D eigenvalue weighted by Gasteiger charge is -2.06. The van der Waals surface area contributed by atoms with Crippen molar-refractivity contribution in [2.45, 2.75) is 19.5 Å². The number of halogens is 3. The van der Waals surface area contributed by atoms with Crippen molar-refractivity contribution in [1.29, 1.82) is 0 Å². The molecule has 0 saturated carbocycles. The van der Waals surface area contributed by atoms with Gasteiger partial charge in [0.25, 0.3) is 0 Å². The van der Waals surface area contributed by atoms with Gasteiger partial charge in [0.1, 0.15) is 11.5 Å². The molecule has 0 amide bonds. The number of hydrogen-bond donors (Lipinski definition) is 0. The summed E-state index contributed by atoms with van der Waals surface area (Å²) in [6, 6.07) is 4.64. The number of alkyl halides is 3.